The molecule has 87 heavy (non-hydrogen) atoms. The molecule has 0 aromatic rings. The van der Waals surface area contributed by atoms with Crippen LogP contribution in [0.3, 0.4) is 0 Å². The topological polar surface area (TPSA) is 95.9 Å². The average molecular weight is 1220 g/mol. The molecule has 0 aliphatic heterocycles. The first-order valence-electron chi connectivity index (χ1n) is 39.4. The minimum atomic E-state index is -0.843. The number of hydrogen-bond acceptors (Lipinski definition) is 5. The molecular weight excluding hydrogens is 1070 g/mol. The van der Waals surface area contributed by atoms with E-state index in [1.165, 1.54) is 353 Å². The normalized spacial score (nSPS) is 12.7. The number of aliphatic hydroxyl groups is 2. The van der Waals surface area contributed by atoms with Gasteiger partial charge < -0.3 is 20.3 Å². The van der Waals surface area contributed by atoms with Crippen LogP contribution < -0.4 is 5.32 Å². The molecule has 6 heteroatoms. The second-order valence-corrected chi connectivity index (χ2v) is 27.0. The van der Waals surface area contributed by atoms with Crippen LogP contribution >= 0.6 is 0 Å². The van der Waals surface area contributed by atoms with Crippen LogP contribution in [-0.4, -0.2) is 47.4 Å². The van der Waals surface area contributed by atoms with Crippen LogP contribution in [-0.2, 0) is 14.3 Å². The molecule has 0 rings (SSSR count). The molecule has 0 bridgehead atoms. The zero-order chi connectivity index (χ0) is 62.8. The Morgan fingerprint density at radius 3 is 0.897 bits per heavy atom. The van der Waals surface area contributed by atoms with Gasteiger partial charge in [-0.3, -0.25) is 9.59 Å². The minimum Gasteiger partial charge on any atom is -0.466 e. The number of carbonyl (C=O) groups is 2. The van der Waals surface area contributed by atoms with Crippen molar-refractivity contribution >= 4 is 11.9 Å². The van der Waals surface area contributed by atoms with E-state index in [0.717, 1.165) is 51.4 Å². The van der Waals surface area contributed by atoms with Gasteiger partial charge in [0.05, 0.1) is 25.4 Å². The van der Waals surface area contributed by atoms with Gasteiger partial charge in [-0.15, -0.1) is 0 Å². The SMILES string of the molecule is CCCCCC/C=C\CCCCCCCC(=O)OCCCCCCCCCCCCCCCCC/C=C\C/C=C\CCCCCCCCCCCCCCCCCCCC(=O)NC(CO)C(O)/C=C/CCCCCCCCCCCCCCCCCC. The van der Waals surface area contributed by atoms with E-state index in [1.807, 2.05) is 6.08 Å². The highest BCUT2D eigenvalue weighted by molar-refractivity contribution is 5.76. The standard InChI is InChI=1S/C81H153NO5/c1-3-5-7-9-11-13-15-17-18-19-43-46-50-53-57-61-65-69-73-79(84)78(77-83)82-80(85)74-70-66-62-58-54-51-47-44-41-39-37-35-33-31-29-27-25-23-21-20-22-24-26-28-30-32-34-36-38-40-42-45-48-52-56-60-64-68-72-76-87-81(86)75-71-67-63-59-55-49-16-14-12-10-8-6-4-2/h14,16,20-21,24,26,69,73,78-79,83-84H,3-13,15,17-19,22-23,25,27-68,70-72,74-77H2,1-2H3,(H,82,85)/b16-14-,21-20-,26-24-,73-69+. The summed E-state index contributed by atoms with van der Waals surface area (Å²) in [7, 11) is 0. The molecule has 0 aliphatic rings. The molecule has 3 N–H and O–H groups in total. The summed E-state index contributed by atoms with van der Waals surface area (Å²) in [4.78, 5) is 24.6. The van der Waals surface area contributed by atoms with Crippen molar-refractivity contribution in [2.24, 2.45) is 0 Å². The Morgan fingerprint density at radius 2 is 0.575 bits per heavy atom. The van der Waals surface area contributed by atoms with Crippen molar-refractivity contribution in [2.45, 2.75) is 443 Å². The van der Waals surface area contributed by atoms with E-state index in [2.05, 4.69) is 55.6 Å². The molecular formula is C81H153NO5. The van der Waals surface area contributed by atoms with E-state index in [0.29, 0.717) is 19.4 Å². The third-order valence-corrected chi connectivity index (χ3v) is 18.3. The molecule has 512 valence electrons. The second-order valence-electron chi connectivity index (χ2n) is 27.0. The molecule has 0 aromatic carbocycles. The number of amides is 1. The summed E-state index contributed by atoms with van der Waals surface area (Å²) in [5.41, 5.74) is 0. The van der Waals surface area contributed by atoms with Gasteiger partial charge in [0.15, 0.2) is 0 Å². The number of rotatable bonds is 74. The zero-order valence-corrected chi connectivity index (χ0v) is 58.8. The third-order valence-electron chi connectivity index (χ3n) is 18.3. The Morgan fingerprint density at radius 1 is 0.322 bits per heavy atom. The first-order chi connectivity index (χ1) is 43.0. The maximum Gasteiger partial charge on any atom is 0.305 e. The predicted molar refractivity (Wildman–Crippen MR) is 384 cm³/mol. The van der Waals surface area contributed by atoms with Crippen LogP contribution in [0.4, 0.5) is 0 Å². The Balaban J connectivity index is 3.37. The summed E-state index contributed by atoms with van der Waals surface area (Å²) >= 11 is 0. The highest BCUT2D eigenvalue weighted by atomic mass is 16.5. The summed E-state index contributed by atoms with van der Waals surface area (Å²) in [6, 6.07) is -0.626. The highest BCUT2D eigenvalue weighted by Crippen LogP contribution is 2.19. The van der Waals surface area contributed by atoms with Crippen LogP contribution in [0.2, 0.25) is 0 Å². The minimum absolute atomic E-state index is 0.0111. The molecule has 6 nitrogen and oxygen atoms in total. The largest absolute Gasteiger partial charge is 0.466 e. The summed E-state index contributed by atoms with van der Waals surface area (Å²) in [5.74, 6) is -0.0504. The van der Waals surface area contributed by atoms with Crippen LogP contribution in [0.5, 0.6) is 0 Å². The Kier molecular flexibility index (Phi) is 74.4. The molecule has 0 fully saturated rings. The van der Waals surface area contributed by atoms with Crippen LogP contribution in [0.15, 0.2) is 48.6 Å². The Hall–Kier alpha value is -2.18. The smallest absolute Gasteiger partial charge is 0.305 e. The number of esters is 1. The third kappa shape index (κ3) is 72.8. The van der Waals surface area contributed by atoms with Gasteiger partial charge in [0.25, 0.3) is 0 Å². The number of hydrogen-bond donors (Lipinski definition) is 3. The lowest BCUT2D eigenvalue weighted by molar-refractivity contribution is -0.143. The maximum atomic E-state index is 12.5. The van der Waals surface area contributed by atoms with E-state index in [1.54, 1.807) is 6.08 Å². The molecule has 0 saturated heterocycles. The van der Waals surface area contributed by atoms with Gasteiger partial charge in [-0.2, -0.15) is 0 Å². The van der Waals surface area contributed by atoms with Gasteiger partial charge in [-0.25, -0.2) is 0 Å². The summed E-state index contributed by atoms with van der Waals surface area (Å²) in [6.45, 7) is 4.92. The zero-order valence-electron chi connectivity index (χ0n) is 58.8. The molecule has 1 amide bonds. The molecule has 2 unspecified atom stereocenters. The highest BCUT2D eigenvalue weighted by Gasteiger charge is 2.18. The van der Waals surface area contributed by atoms with Gasteiger partial charge in [0, 0.05) is 12.8 Å². The molecule has 0 heterocycles. The van der Waals surface area contributed by atoms with E-state index in [4.69, 9.17) is 4.74 Å². The van der Waals surface area contributed by atoms with E-state index < -0.39 is 12.1 Å². The van der Waals surface area contributed by atoms with Crippen molar-refractivity contribution in [2.75, 3.05) is 13.2 Å². The fourth-order valence-corrected chi connectivity index (χ4v) is 12.3. The fourth-order valence-electron chi connectivity index (χ4n) is 12.3. The Labute approximate surface area is 544 Å². The summed E-state index contributed by atoms with van der Waals surface area (Å²) in [5, 5.41) is 23.2. The van der Waals surface area contributed by atoms with Gasteiger partial charge in [-0.1, -0.05) is 377 Å². The molecule has 2 atom stereocenters. The molecule has 0 saturated carbocycles. The lowest BCUT2D eigenvalue weighted by Gasteiger charge is -2.20. The number of aliphatic hydroxyl groups excluding tert-OH is 2. The van der Waals surface area contributed by atoms with Crippen molar-refractivity contribution < 1.29 is 24.5 Å². The average Bonchev–Trinajstić information content (AvgIpc) is 3.55. The predicted octanol–water partition coefficient (Wildman–Crippen LogP) is 26.0. The summed E-state index contributed by atoms with van der Waals surface area (Å²) < 4.78 is 5.49. The van der Waals surface area contributed by atoms with Crippen LogP contribution in [0.25, 0.3) is 0 Å². The Bertz CT molecular complexity index is 1450. The number of unbranched alkanes of at least 4 members (excludes halogenated alkanes) is 57. The second kappa shape index (κ2) is 76.3. The molecule has 0 radical (unpaired) electrons. The van der Waals surface area contributed by atoms with Crippen molar-refractivity contribution in [1.82, 2.24) is 5.32 Å². The van der Waals surface area contributed by atoms with Crippen molar-refractivity contribution in [1.29, 1.82) is 0 Å². The molecule has 0 aliphatic carbocycles. The van der Waals surface area contributed by atoms with Crippen LogP contribution in [0, 0.1) is 0 Å². The lowest BCUT2D eigenvalue weighted by Crippen LogP contribution is -2.45. The monoisotopic (exact) mass is 1220 g/mol. The van der Waals surface area contributed by atoms with E-state index in [9.17, 15) is 19.8 Å². The number of ether oxygens (including phenoxy) is 1. The quantitative estimate of drug-likeness (QED) is 0.0320. The first-order valence-corrected chi connectivity index (χ1v) is 39.4. The van der Waals surface area contributed by atoms with Crippen molar-refractivity contribution in [3.05, 3.63) is 48.6 Å². The fraction of sp³-hybridized carbons (Fsp3) is 0.877. The van der Waals surface area contributed by atoms with Crippen molar-refractivity contribution in [3.8, 4) is 0 Å². The summed E-state index contributed by atoms with van der Waals surface area (Å²) in [6.07, 6.45) is 101. The lowest BCUT2D eigenvalue weighted by atomic mass is 10.0. The number of carbonyl (C=O) groups excluding carboxylic acids is 2. The molecule has 0 spiro atoms. The van der Waals surface area contributed by atoms with E-state index >= 15 is 0 Å². The first kappa shape index (κ1) is 84.8. The van der Waals surface area contributed by atoms with Gasteiger partial charge in [-0.05, 0) is 89.9 Å². The number of nitrogens with one attached hydrogen (secondary N) is 1. The van der Waals surface area contributed by atoms with E-state index in [-0.39, 0.29) is 18.5 Å². The number of allylic oxidation sites excluding steroid dienone is 7. The van der Waals surface area contributed by atoms with Gasteiger partial charge in [0.2, 0.25) is 5.91 Å². The van der Waals surface area contributed by atoms with Gasteiger partial charge in [0.1, 0.15) is 0 Å². The van der Waals surface area contributed by atoms with Gasteiger partial charge >= 0.3 is 5.97 Å². The van der Waals surface area contributed by atoms with Crippen molar-refractivity contribution in [3.63, 3.8) is 0 Å². The van der Waals surface area contributed by atoms with Crippen LogP contribution in [0.1, 0.15) is 431 Å². The maximum absolute atomic E-state index is 12.5. The molecule has 0 aromatic heterocycles.